The zero-order valence-corrected chi connectivity index (χ0v) is 18.8. The van der Waals surface area contributed by atoms with Gasteiger partial charge in [0, 0.05) is 18.1 Å². The summed E-state index contributed by atoms with van der Waals surface area (Å²) in [6.07, 6.45) is 3.09. The monoisotopic (exact) mass is 468 g/mol. The third-order valence-electron chi connectivity index (χ3n) is 5.51. The number of aromatic nitrogens is 3. The molecule has 7 nitrogen and oxygen atoms in total. The number of sulfone groups is 1. The first-order valence-electron chi connectivity index (χ1n) is 10.6. The van der Waals surface area contributed by atoms with Gasteiger partial charge in [0.2, 0.25) is 9.84 Å². The summed E-state index contributed by atoms with van der Waals surface area (Å²) in [6, 6.07) is 24.9. The number of carbonyl (C=O) groups excluding carboxylic acids is 1. The van der Waals surface area contributed by atoms with Gasteiger partial charge in [0.15, 0.2) is 5.65 Å². The van der Waals surface area contributed by atoms with E-state index in [1.165, 1.54) is 6.20 Å². The molecular formula is C26H20N4O3S. The number of hydrogen-bond acceptors (Lipinski definition) is 5. The maximum absolute atomic E-state index is 13.0. The van der Waals surface area contributed by atoms with Gasteiger partial charge in [-0.2, -0.15) is 5.10 Å². The van der Waals surface area contributed by atoms with Crippen molar-refractivity contribution in [3.8, 4) is 11.1 Å². The van der Waals surface area contributed by atoms with Gasteiger partial charge in [0.1, 0.15) is 0 Å². The summed E-state index contributed by atoms with van der Waals surface area (Å²) in [4.78, 5) is 17.0. The highest BCUT2D eigenvalue weighted by Crippen LogP contribution is 2.25. The fourth-order valence-electron chi connectivity index (χ4n) is 3.62. The normalized spacial score (nSPS) is 11.4. The van der Waals surface area contributed by atoms with Crippen molar-refractivity contribution in [2.24, 2.45) is 0 Å². The molecule has 0 aliphatic rings. The average molecular weight is 469 g/mol. The third kappa shape index (κ3) is 4.31. The van der Waals surface area contributed by atoms with E-state index in [4.69, 9.17) is 0 Å². The topological polar surface area (TPSA) is 105 Å². The van der Waals surface area contributed by atoms with Crippen LogP contribution in [0, 0.1) is 0 Å². The van der Waals surface area contributed by atoms with Crippen LogP contribution in [0.15, 0.2) is 107 Å². The average Bonchev–Trinajstić information content (AvgIpc) is 3.36. The zero-order chi connectivity index (χ0) is 23.5. The molecule has 0 bridgehead atoms. The number of carbonyl (C=O) groups is 1. The van der Waals surface area contributed by atoms with Gasteiger partial charge in [-0.1, -0.05) is 54.6 Å². The predicted molar refractivity (Wildman–Crippen MR) is 129 cm³/mol. The maximum Gasteiger partial charge on any atom is 0.253 e. The molecule has 1 amide bonds. The van der Waals surface area contributed by atoms with E-state index in [0.29, 0.717) is 11.2 Å². The van der Waals surface area contributed by atoms with Gasteiger partial charge in [0.25, 0.3) is 5.91 Å². The Morgan fingerprint density at radius 3 is 2.18 bits per heavy atom. The minimum absolute atomic E-state index is 0.199. The highest BCUT2D eigenvalue weighted by molar-refractivity contribution is 7.91. The number of hydrogen-bond donors (Lipinski definition) is 2. The Balaban J connectivity index is 1.27. The summed E-state index contributed by atoms with van der Waals surface area (Å²) in [5.41, 5.74) is 3.80. The second kappa shape index (κ2) is 8.92. The fraction of sp³-hybridized carbons (Fsp3) is 0.0385. The number of benzene rings is 3. The van der Waals surface area contributed by atoms with E-state index >= 15 is 0 Å². The second-order valence-electron chi connectivity index (χ2n) is 7.75. The van der Waals surface area contributed by atoms with Crippen LogP contribution in [0.5, 0.6) is 0 Å². The molecule has 0 aliphatic heterocycles. The molecule has 0 unspecified atom stereocenters. The van der Waals surface area contributed by atoms with Gasteiger partial charge >= 0.3 is 0 Å². The van der Waals surface area contributed by atoms with Crippen LogP contribution in [0.1, 0.15) is 15.9 Å². The number of H-pyrrole nitrogens is 1. The van der Waals surface area contributed by atoms with Crippen LogP contribution in [0.2, 0.25) is 0 Å². The minimum atomic E-state index is -3.65. The minimum Gasteiger partial charge on any atom is -0.348 e. The molecule has 3 aromatic carbocycles. The Morgan fingerprint density at radius 1 is 0.824 bits per heavy atom. The smallest absolute Gasteiger partial charge is 0.253 e. The number of pyridine rings is 1. The molecule has 0 saturated carbocycles. The number of aromatic amines is 1. The first-order chi connectivity index (χ1) is 16.5. The van der Waals surface area contributed by atoms with E-state index in [1.807, 2.05) is 42.5 Å². The zero-order valence-electron chi connectivity index (χ0n) is 18.0. The highest BCUT2D eigenvalue weighted by Gasteiger charge is 2.17. The molecule has 0 fully saturated rings. The Labute approximate surface area is 196 Å². The van der Waals surface area contributed by atoms with Crippen molar-refractivity contribution in [1.29, 1.82) is 0 Å². The summed E-state index contributed by atoms with van der Waals surface area (Å²) in [7, 11) is -3.65. The van der Waals surface area contributed by atoms with Crippen LogP contribution in [-0.2, 0) is 16.4 Å². The lowest BCUT2D eigenvalue weighted by molar-refractivity contribution is 0.0950. The number of nitrogens with zero attached hydrogens (tertiary/aromatic N) is 2. The molecule has 0 atom stereocenters. The van der Waals surface area contributed by atoms with Gasteiger partial charge < -0.3 is 5.32 Å². The molecule has 2 aromatic heterocycles. The van der Waals surface area contributed by atoms with Gasteiger partial charge in [-0.25, -0.2) is 13.4 Å². The maximum atomic E-state index is 13.0. The van der Waals surface area contributed by atoms with Crippen molar-refractivity contribution in [1.82, 2.24) is 20.5 Å². The van der Waals surface area contributed by atoms with Crippen LogP contribution in [0.25, 0.3) is 22.2 Å². The summed E-state index contributed by atoms with van der Waals surface area (Å²) >= 11 is 0. The fourth-order valence-corrected chi connectivity index (χ4v) is 4.89. The molecule has 34 heavy (non-hydrogen) atoms. The Kier molecular flexibility index (Phi) is 5.65. The summed E-state index contributed by atoms with van der Waals surface area (Å²) in [5, 5.41) is 10.2. The molecule has 5 aromatic rings. The molecule has 0 saturated heterocycles. The van der Waals surface area contributed by atoms with Crippen LogP contribution < -0.4 is 5.32 Å². The lowest BCUT2D eigenvalue weighted by Gasteiger charge is -2.09. The lowest BCUT2D eigenvalue weighted by atomic mass is 10.1. The van der Waals surface area contributed by atoms with Crippen LogP contribution >= 0.6 is 0 Å². The highest BCUT2D eigenvalue weighted by atomic mass is 32.2. The first kappa shape index (κ1) is 21.5. The molecular weight excluding hydrogens is 448 g/mol. The van der Waals surface area contributed by atoms with Crippen molar-refractivity contribution in [2.45, 2.75) is 16.3 Å². The van der Waals surface area contributed by atoms with Gasteiger partial charge in [-0.3, -0.25) is 9.89 Å². The van der Waals surface area contributed by atoms with Crippen molar-refractivity contribution in [3.63, 3.8) is 0 Å². The molecule has 0 spiro atoms. The molecule has 2 N–H and O–H groups in total. The Hall–Kier alpha value is -4.30. The van der Waals surface area contributed by atoms with Gasteiger partial charge in [-0.05, 0) is 47.0 Å². The van der Waals surface area contributed by atoms with Gasteiger partial charge in [-0.15, -0.1) is 0 Å². The quantitative estimate of drug-likeness (QED) is 0.385. The number of rotatable bonds is 6. The summed E-state index contributed by atoms with van der Waals surface area (Å²) in [6.45, 7) is 0.258. The van der Waals surface area contributed by atoms with Crippen molar-refractivity contribution < 1.29 is 13.2 Å². The predicted octanol–water partition coefficient (Wildman–Crippen LogP) is 4.39. The van der Waals surface area contributed by atoms with E-state index in [1.54, 1.807) is 48.7 Å². The molecule has 8 heteroatoms. The Bertz CT molecular complexity index is 1560. The largest absolute Gasteiger partial charge is 0.348 e. The van der Waals surface area contributed by atoms with E-state index < -0.39 is 9.84 Å². The number of fused-ring (bicyclic) bond motifs is 1. The van der Waals surface area contributed by atoms with Crippen LogP contribution in [0.4, 0.5) is 0 Å². The van der Waals surface area contributed by atoms with E-state index in [9.17, 15) is 13.2 Å². The summed E-state index contributed by atoms with van der Waals surface area (Å²) in [5.74, 6) is -0.272. The van der Waals surface area contributed by atoms with Crippen LogP contribution in [0.3, 0.4) is 0 Å². The molecule has 168 valence electrons. The van der Waals surface area contributed by atoms with Crippen LogP contribution in [-0.4, -0.2) is 29.5 Å². The van der Waals surface area contributed by atoms with E-state index in [-0.39, 0.29) is 22.2 Å². The second-order valence-corrected chi connectivity index (χ2v) is 9.70. The SMILES string of the molecule is O=C(NCc1ccc(S(=O)(=O)c2ccc(-c3ccccc3)cc2)cc1)c1cnc2[nH]ncc2c1. The van der Waals surface area contributed by atoms with Crippen molar-refractivity contribution >= 4 is 26.8 Å². The van der Waals surface area contributed by atoms with Crippen molar-refractivity contribution in [2.75, 3.05) is 0 Å². The van der Waals surface area contributed by atoms with Gasteiger partial charge in [0.05, 0.1) is 21.6 Å². The third-order valence-corrected chi connectivity index (χ3v) is 7.30. The van der Waals surface area contributed by atoms with E-state index in [2.05, 4.69) is 20.5 Å². The van der Waals surface area contributed by atoms with Crippen molar-refractivity contribution in [3.05, 3.63) is 108 Å². The first-order valence-corrected chi connectivity index (χ1v) is 12.1. The lowest BCUT2D eigenvalue weighted by Crippen LogP contribution is -2.22. The standard InChI is InChI=1S/C26H20N4O3S/c31-26(22-14-21-17-29-30-25(21)27-16-22)28-15-18-6-10-23(11-7-18)34(32,33)24-12-8-20(9-13-24)19-4-2-1-3-5-19/h1-14,16-17H,15H2,(H,28,31)(H,27,29,30). The molecule has 0 aliphatic carbocycles. The molecule has 5 rings (SSSR count). The van der Waals surface area contributed by atoms with E-state index in [0.717, 1.165) is 22.1 Å². The Morgan fingerprint density at radius 2 is 1.47 bits per heavy atom. The molecule has 2 heterocycles. The number of amides is 1. The summed E-state index contributed by atoms with van der Waals surface area (Å²) < 4.78 is 26.1. The number of nitrogens with one attached hydrogen (secondary N) is 2. The molecule has 0 radical (unpaired) electrons.